The van der Waals surface area contributed by atoms with Crippen LogP contribution in [-0.4, -0.2) is 42.0 Å². The highest BCUT2D eigenvalue weighted by Crippen LogP contribution is 2.32. The number of amides is 1. The van der Waals surface area contributed by atoms with Crippen LogP contribution in [0.2, 0.25) is 0 Å². The average Bonchev–Trinajstić information content (AvgIpc) is 3.08. The first-order valence-electron chi connectivity index (χ1n) is 9.61. The van der Waals surface area contributed by atoms with Gasteiger partial charge in [0, 0.05) is 16.7 Å². The molecular weight excluding hydrogens is 481 g/mol. The van der Waals surface area contributed by atoms with Crippen LogP contribution in [0, 0.1) is 17.4 Å². The van der Waals surface area contributed by atoms with Crippen LogP contribution in [0.5, 0.6) is 0 Å². The molecule has 1 heterocycles. The molecule has 2 aromatic carbocycles. The number of carbonyl (C=O) groups is 1. The SMILES string of the molecule is CCN(CC)CCN(C(=O)c1ccccc1I)c1nc2cc(C)c(C)cc2s1. The van der Waals surface area contributed by atoms with Crippen LogP contribution in [0.1, 0.15) is 35.3 Å². The van der Waals surface area contributed by atoms with E-state index < -0.39 is 0 Å². The Balaban J connectivity index is 2.00. The number of nitrogens with zero attached hydrogens (tertiary/aromatic N) is 3. The number of aryl methyl sites for hydroxylation is 2. The van der Waals surface area contributed by atoms with Crippen molar-refractivity contribution in [3.63, 3.8) is 0 Å². The van der Waals surface area contributed by atoms with E-state index in [1.807, 2.05) is 29.2 Å². The van der Waals surface area contributed by atoms with Crippen LogP contribution in [0.4, 0.5) is 5.13 Å². The maximum absolute atomic E-state index is 13.4. The molecule has 28 heavy (non-hydrogen) atoms. The molecule has 0 atom stereocenters. The lowest BCUT2D eigenvalue weighted by Crippen LogP contribution is -2.39. The Morgan fingerprint density at radius 3 is 2.43 bits per heavy atom. The first kappa shape index (κ1) is 21.2. The first-order valence-corrected chi connectivity index (χ1v) is 11.5. The number of anilines is 1. The monoisotopic (exact) mass is 507 g/mol. The predicted molar refractivity (Wildman–Crippen MR) is 128 cm³/mol. The molecule has 0 aliphatic rings. The summed E-state index contributed by atoms with van der Waals surface area (Å²) in [7, 11) is 0. The molecule has 0 aliphatic carbocycles. The fourth-order valence-corrected chi connectivity index (χ4v) is 4.82. The molecule has 4 nitrogen and oxygen atoms in total. The lowest BCUT2D eigenvalue weighted by molar-refractivity contribution is 0.0983. The Labute approximate surface area is 184 Å². The van der Waals surface area contributed by atoms with Gasteiger partial charge in [-0.3, -0.25) is 9.69 Å². The zero-order valence-corrected chi connectivity index (χ0v) is 19.8. The van der Waals surface area contributed by atoms with Gasteiger partial charge in [-0.15, -0.1) is 0 Å². The Morgan fingerprint density at radius 1 is 1.07 bits per heavy atom. The normalized spacial score (nSPS) is 11.4. The van der Waals surface area contributed by atoms with Crippen LogP contribution < -0.4 is 4.90 Å². The molecule has 3 rings (SSSR count). The van der Waals surface area contributed by atoms with Crippen LogP contribution in [-0.2, 0) is 0 Å². The summed E-state index contributed by atoms with van der Waals surface area (Å²) in [6.07, 6.45) is 0. The number of carbonyl (C=O) groups excluding carboxylic acids is 1. The molecule has 0 saturated carbocycles. The minimum atomic E-state index is 0.0182. The second-order valence-electron chi connectivity index (χ2n) is 6.86. The quantitative estimate of drug-likeness (QED) is 0.396. The molecule has 1 aromatic heterocycles. The van der Waals surface area contributed by atoms with Crippen molar-refractivity contribution in [2.45, 2.75) is 27.7 Å². The fraction of sp³-hybridized carbons (Fsp3) is 0.364. The van der Waals surface area contributed by atoms with Crippen LogP contribution in [0.15, 0.2) is 36.4 Å². The van der Waals surface area contributed by atoms with Gasteiger partial charge in [0.15, 0.2) is 5.13 Å². The lowest BCUT2D eigenvalue weighted by Gasteiger charge is -2.25. The Bertz CT molecular complexity index is 942. The van der Waals surface area contributed by atoms with Gasteiger partial charge in [0.05, 0.1) is 15.8 Å². The highest BCUT2D eigenvalue weighted by molar-refractivity contribution is 14.1. The third-order valence-electron chi connectivity index (χ3n) is 5.11. The molecule has 0 bridgehead atoms. The van der Waals surface area contributed by atoms with Crippen molar-refractivity contribution in [1.82, 2.24) is 9.88 Å². The molecule has 0 spiro atoms. The van der Waals surface area contributed by atoms with Crippen LogP contribution in [0.25, 0.3) is 10.2 Å². The number of likely N-dealkylation sites (N-methyl/N-ethyl adjacent to an activating group) is 1. The average molecular weight is 507 g/mol. The highest BCUT2D eigenvalue weighted by atomic mass is 127. The van der Waals surface area contributed by atoms with Gasteiger partial charge in [-0.1, -0.05) is 37.3 Å². The first-order chi connectivity index (χ1) is 13.4. The highest BCUT2D eigenvalue weighted by Gasteiger charge is 2.23. The van der Waals surface area contributed by atoms with Gasteiger partial charge in [-0.25, -0.2) is 4.98 Å². The predicted octanol–water partition coefficient (Wildman–Crippen LogP) is 5.51. The van der Waals surface area contributed by atoms with E-state index in [2.05, 4.69) is 67.3 Å². The third kappa shape index (κ3) is 4.55. The van der Waals surface area contributed by atoms with Crippen molar-refractivity contribution in [2.24, 2.45) is 0 Å². The summed E-state index contributed by atoms with van der Waals surface area (Å²) in [4.78, 5) is 22.4. The van der Waals surface area contributed by atoms with Crippen molar-refractivity contribution in [3.8, 4) is 0 Å². The second kappa shape index (κ2) is 9.33. The molecule has 0 N–H and O–H groups in total. The summed E-state index contributed by atoms with van der Waals surface area (Å²) in [5.74, 6) is 0.0182. The summed E-state index contributed by atoms with van der Waals surface area (Å²) in [5.41, 5.74) is 4.17. The number of hydrogen-bond acceptors (Lipinski definition) is 4. The van der Waals surface area contributed by atoms with Gasteiger partial charge in [0.2, 0.25) is 0 Å². The summed E-state index contributed by atoms with van der Waals surface area (Å²) < 4.78 is 2.09. The van der Waals surface area contributed by atoms with E-state index in [9.17, 15) is 4.79 Å². The Hall–Kier alpha value is -1.51. The van der Waals surface area contributed by atoms with Gasteiger partial charge >= 0.3 is 0 Å². The molecule has 0 fully saturated rings. The Kier molecular flexibility index (Phi) is 7.06. The fourth-order valence-electron chi connectivity index (χ4n) is 3.13. The molecule has 148 valence electrons. The van der Waals surface area contributed by atoms with Crippen molar-refractivity contribution >= 4 is 55.2 Å². The standard InChI is InChI=1S/C22H26IN3OS/c1-5-25(6-2)11-12-26(21(27)17-9-7-8-10-18(17)23)22-24-19-13-15(3)16(4)14-20(19)28-22/h7-10,13-14H,5-6,11-12H2,1-4H3. The van der Waals surface area contributed by atoms with E-state index in [4.69, 9.17) is 4.98 Å². The van der Waals surface area contributed by atoms with Crippen molar-refractivity contribution < 1.29 is 4.79 Å². The number of hydrogen-bond donors (Lipinski definition) is 0. The van der Waals surface area contributed by atoms with E-state index in [0.29, 0.717) is 6.54 Å². The maximum atomic E-state index is 13.4. The van der Waals surface area contributed by atoms with Crippen molar-refractivity contribution in [2.75, 3.05) is 31.1 Å². The minimum absolute atomic E-state index is 0.0182. The Morgan fingerprint density at radius 2 is 1.75 bits per heavy atom. The second-order valence-corrected chi connectivity index (χ2v) is 9.04. The zero-order chi connectivity index (χ0) is 20.3. The largest absolute Gasteiger partial charge is 0.302 e. The van der Waals surface area contributed by atoms with Gasteiger partial charge in [-0.2, -0.15) is 0 Å². The number of rotatable bonds is 7. The van der Waals surface area contributed by atoms with Gasteiger partial charge in [0.1, 0.15) is 0 Å². The van der Waals surface area contributed by atoms with E-state index >= 15 is 0 Å². The summed E-state index contributed by atoms with van der Waals surface area (Å²) in [5, 5.41) is 0.775. The zero-order valence-electron chi connectivity index (χ0n) is 16.8. The third-order valence-corrected chi connectivity index (χ3v) is 7.09. The summed E-state index contributed by atoms with van der Waals surface area (Å²) >= 11 is 3.83. The number of halogens is 1. The lowest BCUT2D eigenvalue weighted by atomic mass is 10.1. The molecule has 0 saturated heterocycles. The maximum Gasteiger partial charge on any atom is 0.261 e. The number of aromatic nitrogens is 1. The minimum Gasteiger partial charge on any atom is -0.302 e. The summed E-state index contributed by atoms with van der Waals surface area (Å²) in [6.45, 7) is 11.9. The number of benzene rings is 2. The number of thiazole rings is 1. The van der Waals surface area contributed by atoms with E-state index in [0.717, 1.165) is 44.1 Å². The molecule has 3 aromatic rings. The van der Waals surface area contributed by atoms with E-state index in [-0.39, 0.29) is 5.91 Å². The van der Waals surface area contributed by atoms with E-state index in [1.165, 1.54) is 11.1 Å². The van der Waals surface area contributed by atoms with Crippen LogP contribution >= 0.6 is 33.9 Å². The molecular formula is C22H26IN3OS. The van der Waals surface area contributed by atoms with Crippen LogP contribution in [0.3, 0.4) is 0 Å². The molecule has 6 heteroatoms. The molecule has 0 radical (unpaired) electrons. The molecule has 0 unspecified atom stereocenters. The topological polar surface area (TPSA) is 36.4 Å². The summed E-state index contributed by atoms with van der Waals surface area (Å²) in [6, 6.07) is 12.0. The molecule has 0 aliphatic heterocycles. The van der Waals surface area contributed by atoms with E-state index in [1.54, 1.807) is 11.3 Å². The number of fused-ring (bicyclic) bond motifs is 1. The van der Waals surface area contributed by atoms with Gasteiger partial charge in [0.25, 0.3) is 5.91 Å². The molecule has 1 amide bonds. The van der Waals surface area contributed by atoms with Gasteiger partial charge < -0.3 is 4.90 Å². The van der Waals surface area contributed by atoms with Gasteiger partial charge in [-0.05, 0) is 84.9 Å². The smallest absolute Gasteiger partial charge is 0.261 e. The van der Waals surface area contributed by atoms with Crippen molar-refractivity contribution in [1.29, 1.82) is 0 Å². The van der Waals surface area contributed by atoms with Crippen molar-refractivity contribution in [3.05, 3.63) is 56.7 Å².